The van der Waals surface area contributed by atoms with Gasteiger partial charge in [0.25, 0.3) is 0 Å². The van der Waals surface area contributed by atoms with Crippen molar-refractivity contribution in [3.05, 3.63) is 0 Å². The van der Waals surface area contributed by atoms with Gasteiger partial charge in [-0.25, -0.2) is 0 Å². The van der Waals surface area contributed by atoms with E-state index >= 15 is 0 Å². The van der Waals surface area contributed by atoms with Crippen LogP contribution in [-0.4, -0.2) is 64.7 Å². The predicted octanol–water partition coefficient (Wildman–Crippen LogP) is 2.38. The Hall–Kier alpha value is 0.985. The molecule has 0 aliphatic rings. The Labute approximate surface area is 100 Å². The lowest BCUT2D eigenvalue weighted by molar-refractivity contribution is 0.634. The summed E-state index contributed by atoms with van der Waals surface area (Å²) in [5, 5.41) is 2.81. The SMILES string of the molecule is C[CH2][Al]([CH2]C)[N](C)C.C[N](C)[Al]([CH3])[CH3]. The molecule has 84 valence electrons. The van der Waals surface area contributed by atoms with E-state index in [4.69, 9.17) is 0 Å². The van der Waals surface area contributed by atoms with Crippen LogP contribution in [0.3, 0.4) is 0 Å². The van der Waals surface area contributed by atoms with Crippen LogP contribution in [0, 0.1) is 0 Å². The Morgan fingerprint density at radius 1 is 0.786 bits per heavy atom. The van der Waals surface area contributed by atoms with Crippen molar-refractivity contribution >= 4 is 28.7 Å². The average Bonchev–Trinajstić information content (AvgIpc) is 2.06. The zero-order chi connectivity index (χ0) is 11.7. The van der Waals surface area contributed by atoms with Crippen LogP contribution < -0.4 is 0 Å². The second kappa shape index (κ2) is 10.5. The van der Waals surface area contributed by atoms with Gasteiger partial charge in [-0.1, -0.05) is 36.0 Å². The molecule has 0 bridgehead atoms. The van der Waals surface area contributed by atoms with Gasteiger partial charge in [-0.3, -0.25) is 0 Å². The van der Waals surface area contributed by atoms with Crippen molar-refractivity contribution in [1.82, 2.24) is 7.77 Å². The highest BCUT2D eigenvalue weighted by molar-refractivity contribution is 6.55. The van der Waals surface area contributed by atoms with Gasteiger partial charge in [0.15, 0.2) is 0 Å². The minimum Gasteiger partial charge on any atom is -0.390 e. The summed E-state index contributed by atoms with van der Waals surface area (Å²) in [6.07, 6.45) is 0. The third-order valence-electron chi connectivity index (χ3n) is 2.71. The normalized spacial score (nSPS) is 9.86. The topological polar surface area (TPSA) is 6.48 Å². The molecule has 0 saturated carbocycles. The molecule has 0 aliphatic heterocycles. The lowest BCUT2D eigenvalue weighted by Gasteiger charge is -2.14. The van der Waals surface area contributed by atoms with Crippen LogP contribution in [0.5, 0.6) is 0 Å². The van der Waals surface area contributed by atoms with Crippen LogP contribution in [0.25, 0.3) is 0 Å². The standard InChI is InChI=1S/2C2H6N.2C2H5.2CH3.2Al/c2*1-3-2;2*1-2;;;;/h2*1-2H3;2*1H2,2H3;2*1H3;;/q2*-1;;;;;2*+1. The Kier molecular flexibility index (Phi) is 13.0. The fourth-order valence-electron chi connectivity index (χ4n) is 1.02. The van der Waals surface area contributed by atoms with E-state index < -0.39 is 28.7 Å². The van der Waals surface area contributed by atoms with Crippen LogP contribution in [-0.2, 0) is 0 Å². The van der Waals surface area contributed by atoms with E-state index in [0.29, 0.717) is 0 Å². The Balaban J connectivity index is 0. The minimum absolute atomic E-state index is 0.410. The maximum Gasteiger partial charge on any atom is 0.371 e. The molecule has 0 N–H and O–H groups in total. The Bertz CT molecular complexity index is 107. The lowest BCUT2D eigenvalue weighted by atomic mass is 10.9. The third kappa shape index (κ3) is 11.1. The van der Waals surface area contributed by atoms with Gasteiger partial charge in [0.05, 0.1) is 0 Å². The van der Waals surface area contributed by atoms with Crippen molar-refractivity contribution in [2.75, 3.05) is 28.2 Å². The predicted molar refractivity (Wildman–Crippen MR) is 71.6 cm³/mol. The first kappa shape index (κ1) is 17.4. The van der Waals surface area contributed by atoms with E-state index in [1.54, 1.807) is 0 Å². The summed E-state index contributed by atoms with van der Waals surface area (Å²) in [4.78, 5) is 0. The molecule has 2 nitrogen and oxygen atoms in total. The van der Waals surface area contributed by atoms with Crippen molar-refractivity contribution < 1.29 is 0 Å². The van der Waals surface area contributed by atoms with E-state index in [1.165, 1.54) is 10.6 Å². The molecule has 0 heterocycles. The van der Waals surface area contributed by atoms with Crippen molar-refractivity contribution in [2.45, 2.75) is 36.0 Å². The molecule has 0 amide bonds. The largest absolute Gasteiger partial charge is 0.390 e. The van der Waals surface area contributed by atoms with Gasteiger partial charge < -0.3 is 7.77 Å². The van der Waals surface area contributed by atoms with E-state index in [2.05, 4.69) is 61.4 Å². The number of hydrogen-bond donors (Lipinski definition) is 0. The minimum atomic E-state index is -0.432. The summed E-state index contributed by atoms with van der Waals surface area (Å²) in [6.45, 7) is 4.58. The molecule has 0 spiro atoms. The summed E-state index contributed by atoms with van der Waals surface area (Å²) in [7, 11) is 8.67. The van der Waals surface area contributed by atoms with Gasteiger partial charge in [0, 0.05) is 0 Å². The van der Waals surface area contributed by atoms with Crippen LogP contribution >= 0.6 is 0 Å². The van der Waals surface area contributed by atoms with E-state index in [0.717, 1.165) is 0 Å². The first-order chi connectivity index (χ1) is 6.36. The molecule has 0 saturated heterocycles. The zero-order valence-corrected chi connectivity index (χ0v) is 13.8. The fourth-order valence-corrected chi connectivity index (χ4v) is 3.06. The molecule has 0 aliphatic carbocycles. The molecule has 0 aromatic heterocycles. The summed E-state index contributed by atoms with van der Waals surface area (Å²) in [5.74, 6) is 4.61. The maximum absolute atomic E-state index is 2.42. The quantitative estimate of drug-likeness (QED) is 0.684. The molecule has 0 fully saturated rings. The average molecular weight is 230 g/mol. The number of nitrogens with zero attached hydrogens (tertiary/aromatic N) is 2. The van der Waals surface area contributed by atoms with Gasteiger partial charge >= 0.3 is 28.7 Å². The molecule has 0 rings (SSSR count). The van der Waals surface area contributed by atoms with E-state index in [9.17, 15) is 0 Å². The molecular weight excluding hydrogens is 202 g/mol. The molecule has 0 radical (unpaired) electrons. The van der Waals surface area contributed by atoms with Crippen molar-refractivity contribution in [3.63, 3.8) is 0 Å². The molecule has 0 aromatic rings. The van der Waals surface area contributed by atoms with Crippen molar-refractivity contribution in [1.29, 1.82) is 0 Å². The molecule has 4 heteroatoms. The first-order valence-corrected chi connectivity index (χ1v) is 10.7. The fraction of sp³-hybridized carbons (Fsp3) is 1.00. The second-order valence-electron chi connectivity index (χ2n) is 4.49. The smallest absolute Gasteiger partial charge is 0.371 e. The van der Waals surface area contributed by atoms with Crippen molar-refractivity contribution in [2.24, 2.45) is 0 Å². The summed E-state index contributed by atoms with van der Waals surface area (Å²) in [5.41, 5.74) is 0. The maximum atomic E-state index is 2.42. The first-order valence-electron chi connectivity index (χ1n) is 5.69. The number of rotatable bonds is 4. The highest BCUT2D eigenvalue weighted by Gasteiger charge is 2.14. The number of hydrogen-bond acceptors (Lipinski definition) is 2. The summed E-state index contributed by atoms with van der Waals surface area (Å²) < 4.78 is 4.72. The lowest BCUT2D eigenvalue weighted by Crippen LogP contribution is -2.30. The van der Waals surface area contributed by atoms with Crippen molar-refractivity contribution in [3.8, 4) is 0 Å². The molecule has 0 unspecified atom stereocenters. The van der Waals surface area contributed by atoms with Gasteiger partial charge in [-0.05, 0) is 28.2 Å². The van der Waals surface area contributed by atoms with Crippen LogP contribution in [0.15, 0.2) is 0 Å². The highest BCUT2D eigenvalue weighted by Crippen LogP contribution is 1.98. The van der Waals surface area contributed by atoms with Gasteiger partial charge in [-0.15, -0.1) is 0 Å². The highest BCUT2D eigenvalue weighted by atomic mass is 27.2. The third-order valence-corrected chi connectivity index (χ3v) is 8.12. The molecule has 14 heavy (non-hydrogen) atoms. The van der Waals surface area contributed by atoms with Gasteiger partial charge in [-0.2, -0.15) is 0 Å². The van der Waals surface area contributed by atoms with Gasteiger partial charge in [0.1, 0.15) is 0 Å². The zero-order valence-electron chi connectivity index (χ0n) is 11.5. The summed E-state index contributed by atoms with van der Waals surface area (Å²) in [6, 6.07) is 0. The summed E-state index contributed by atoms with van der Waals surface area (Å²) >= 11 is -0.843. The molecular formula is C10H28Al2N2. The molecule has 0 atom stereocenters. The second-order valence-corrected chi connectivity index (χ2v) is 11.7. The Morgan fingerprint density at radius 2 is 1.07 bits per heavy atom. The monoisotopic (exact) mass is 230 g/mol. The van der Waals surface area contributed by atoms with Crippen LogP contribution in [0.1, 0.15) is 13.8 Å². The van der Waals surface area contributed by atoms with Crippen LogP contribution in [0.4, 0.5) is 0 Å². The van der Waals surface area contributed by atoms with E-state index in [1.807, 2.05) is 0 Å². The van der Waals surface area contributed by atoms with E-state index in [-0.39, 0.29) is 0 Å². The molecule has 0 aromatic carbocycles. The Morgan fingerprint density at radius 3 is 1.07 bits per heavy atom. The van der Waals surface area contributed by atoms with Gasteiger partial charge in [0.2, 0.25) is 0 Å². The van der Waals surface area contributed by atoms with Crippen LogP contribution in [0.2, 0.25) is 22.1 Å².